The fourth-order valence-corrected chi connectivity index (χ4v) is 5.18. The molecule has 0 aromatic carbocycles. The van der Waals surface area contributed by atoms with Crippen molar-refractivity contribution < 1.29 is 0 Å². The van der Waals surface area contributed by atoms with Crippen LogP contribution in [-0.2, 0) is 0 Å². The Labute approximate surface area is 62.5 Å². The molecule has 0 aromatic heterocycles. The summed E-state index contributed by atoms with van der Waals surface area (Å²) in [6.07, 6.45) is 0. The van der Waals surface area contributed by atoms with Gasteiger partial charge in [-0.25, -0.2) is 0 Å². The zero-order valence-electron chi connectivity index (χ0n) is 4.83. The fourth-order valence-electron chi connectivity index (χ4n) is 0.301. The molecule has 3 heteroatoms. The van der Waals surface area contributed by atoms with Crippen LogP contribution >= 0.6 is 34.7 Å². The summed E-state index contributed by atoms with van der Waals surface area (Å²) in [7, 11) is 0. The van der Waals surface area contributed by atoms with Gasteiger partial charge in [-0.2, -0.15) is 0 Å². The summed E-state index contributed by atoms with van der Waals surface area (Å²) in [4.78, 5) is 2.30. The molecule has 0 saturated heterocycles. The van der Waals surface area contributed by atoms with Gasteiger partial charge >= 0.3 is 63.1 Å². The molecule has 7 heavy (non-hydrogen) atoms. The van der Waals surface area contributed by atoms with E-state index in [4.69, 9.17) is 0 Å². The Bertz CT molecular complexity index is 39.0. The van der Waals surface area contributed by atoms with Crippen LogP contribution in [0.5, 0.6) is 0 Å². The van der Waals surface area contributed by atoms with Crippen molar-refractivity contribution >= 4 is 34.7 Å². The molecule has 0 aliphatic carbocycles. The molecule has 0 aliphatic rings. The van der Waals surface area contributed by atoms with E-state index in [9.17, 15) is 0 Å². The Kier molecular flexibility index (Phi) is 5.19. The van der Waals surface area contributed by atoms with Crippen LogP contribution in [0.15, 0.2) is 0 Å². The maximum absolute atomic E-state index is 3.45. The third-order valence-corrected chi connectivity index (χ3v) is 4.05. The van der Waals surface area contributed by atoms with Crippen LogP contribution in [0.1, 0.15) is 13.8 Å². The second-order valence-electron chi connectivity index (χ2n) is 1.67. The zero-order valence-corrected chi connectivity index (χ0v) is 9.15. The second-order valence-corrected chi connectivity index (χ2v) is 12.8. The Morgan fingerprint density at radius 3 is 2.00 bits per heavy atom. The maximum atomic E-state index is 3.45. The number of halogens is 2. The molecule has 0 atom stereocenters. The molecule has 0 fully saturated rings. The van der Waals surface area contributed by atoms with E-state index in [0.29, 0.717) is 6.04 Å². The first-order valence-corrected chi connectivity index (χ1v) is 11.7. The van der Waals surface area contributed by atoms with Gasteiger partial charge in [0.05, 0.1) is 0 Å². The average Bonchev–Trinajstić information content (AvgIpc) is 1.27. The van der Waals surface area contributed by atoms with Gasteiger partial charge < -0.3 is 0 Å². The van der Waals surface area contributed by atoms with Crippen LogP contribution in [-0.4, -0.2) is 11.0 Å². The van der Waals surface area contributed by atoms with E-state index in [1.54, 1.807) is 0 Å². The molecule has 0 spiro atoms. The minimum atomic E-state index is -0.650. The van der Waals surface area contributed by atoms with Crippen LogP contribution in [0.4, 0.5) is 0 Å². The van der Waals surface area contributed by atoms with Crippen molar-refractivity contribution in [2.75, 3.05) is 4.93 Å². The van der Waals surface area contributed by atoms with Crippen LogP contribution < -0.4 is 3.53 Å². The molecule has 0 amide bonds. The predicted octanol–water partition coefficient (Wildman–Crippen LogP) is 2.39. The first-order chi connectivity index (χ1) is 3.13. The normalized spacial score (nSPS) is 12.4. The fraction of sp³-hybridized carbons (Fsp3) is 1.00. The third-order valence-electron chi connectivity index (χ3n) is 0.369. The Hall–Kier alpha value is 1.42. The number of alkyl halides is 1. The van der Waals surface area contributed by atoms with E-state index in [1.165, 1.54) is 0 Å². The van der Waals surface area contributed by atoms with Crippen molar-refractivity contribution in [1.82, 2.24) is 3.53 Å². The summed E-state index contributed by atoms with van der Waals surface area (Å²) in [6.45, 7) is 4.37. The summed E-state index contributed by atoms with van der Waals surface area (Å²) in [5, 5.41) is 0. The van der Waals surface area contributed by atoms with Crippen molar-refractivity contribution in [2.24, 2.45) is 0 Å². The van der Waals surface area contributed by atoms with Crippen LogP contribution in [0.3, 0.4) is 0 Å². The molecule has 0 aliphatic heterocycles. The predicted molar refractivity (Wildman–Crippen MR) is 52.2 cm³/mol. The Morgan fingerprint density at radius 1 is 1.57 bits per heavy atom. The van der Waals surface area contributed by atoms with Gasteiger partial charge in [0.15, 0.2) is 0 Å². The van der Waals surface area contributed by atoms with E-state index < -0.39 is 16.1 Å². The molecule has 0 radical (unpaired) electrons. The van der Waals surface area contributed by atoms with Gasteiger partial charge in [-0.1, -0.05) is 0 Å². The van der Waals surface area contributed by atoms with E-state index in [1.807, 2.05) is 0 Å². The number of rotatable bonds is 2. The molecule has 1 nitrogen and oxygen atoms in total. The standard InChI is InChI=1S/C4H11I2N/c1-4(2)7-6(3)5/h4,7H,1-3H3. The van der Waals surface area contributed by atoms with Gasteiger partial charge in [0.2, 0.25) is 0 Å². The number of hydrogen-bond acceptors (Lipinski definition) is 1. The first kappa shape index (κ1) is 8.42. The van der Waals surface area contributed by atoms with Crippen molar-refractivity contribution in [3.8, 4) is 0 Å². The first-order valence-electron chi connectivity index (χ1n) is 2.15. The summed E-state index contributed by atoms with van der Waals surface area (Å²) < 4.78 is 3.45. The Balaban J connectivity index is 2.95. The minimum absolute atomic E-state index is 0.650. The van der Waals surface area contributed by atoms with Gasteiger partial charge in [-0.3, -0.25) is 0 Å². The molecule has 0 saturated carbocycles. The van der Waals surface area contributed by atoms with Gasteiger partial charge in [0, 0.05) is 0 Å². The summed E-state index contributed by atoms with van der Waals surface area (Å²) in [6, 6.07) is 0.687. The molecule has 46 valence electrons. The molecule has 0 aromatic rings. The van der Waals surface area contributed by atoms with Gasteiger partial charge in [0.25, 0.3) is 0 Å². The monoisotopic (exact) mass is 327 g/mol. The van der Waals surface area contributed by atoms with Gasteiger partial charge in [-0.15, -0.1) is 0 Å². The molecule has 0 rings (SSSR count). The molecule has 0 unspecified atom stereocenters. The van der Waals surface area contributed by atoms with Crippen molar-refractivity contribution in [3.63, 3.8) is 0 Å². The van der Waals surface area contributed by atoms with Crippen LogP contribution in [0.25, 0.3) is 0 Å². The topological polar surface area (TPSA) is 12.0 Å². The van der Waals surface area contributed by atoms with E-state index in [2.05, 4.69) is 40.9 Å². The third kappa shape index (κ3) is 7.42. The number of hydrogen-bond donors (Lipinski definition) is 1. The summed E-state index contributed by atoms with van der Waals surface area (Å²) >= 11 is 1.85. The molecular formula is C4H11I2N. The van der Waals surface area contributed by atoms with E-state index >= 15 is 0 Å². The quantitative estimate of drug-likeness (QED) is 0.467. The molecule has 0 heterocycles. The summed E-state index contributed by atoms with van der Waals surface area (Å²) in [5.41, 5.74) is 0. The van der Waals surface area contributed by atoms with Crippen LogP contribution in [0, 0.1) is 0 Å². The Morgan fingerprint density at radius 2 is 2.00 bits per heavy atom. The van der Waals surface area contributed by atoms with Gasteiger partial charge in [0.1, 0.15) is 0 Å². The van der Waals surface area contributed by atoms with E-state index in [-0.39, 0.29) is 0 Å². The zero-order chi connectivity index (χ0) is 5.86. The van der Waals surface area contributed by atoms with Crippen molar-refractivity contribution in [3.05, 3.63) is 0 Å². The SMILES string of the molecule is CC(C)NI(C)I. The average molecular weight is 327 g/mol. The van der Waals surface area contributed by atoms with Crippen molar-refractivity contribution in [2.45, 2.75) is 19.9 Å². The summed E-state index contributed by atoms with van der Waals surface area (Å²) in [5.74, 6) is 0. The van der Waals surface area contributed by atoms with Crippen LogP contribution in [0.2, 0.25) is 0 Å². The second kappa shape index (κ2) is 4.31. The molecular weight excluding hydrogens is 316 g/mol. The number of nitrogens with one attached hydrogen (secondary N) is 1. The molecule has 1 N–H and O–H groups in total. The molecule has 0 bridgehead atoms. The van der Waals surface area contributed by atoms with Crippen molar-refractivity contribution in [1.29, 1.82) is 0 Å². The van der Waals surface area contributed by atoms with E-state index in [0.717, 1.165) is 0 Å². The van der Waals surface area contributed by atoms with Gasteiger partial charge in [-0.05, 0) is 0 Å².